The molecular weight excluding hydrogens is 583 g/mol. The topological polar surface area (TPSA) is 26.0 Å². The summed E-state index contributed by atoms with van der Waals surface area (Å²) < 4.78 is 92.5. The van der Waals surface area contributed by atoms with Crippen LogP contribution in [-0.4, -0.2) is 4.98 Å². The number of hydrogen-bond donors (Lipinski definition) is 0. The molecule has 2 aromatic heterocycles. The molecule has 1 saturated carbocycles. The summed E-state index contributed by atoms with van der Waals surface area (Å²) >= 11 is 0. The molecule has 8 rings (SSSR count). The Morgan fingerprint density at radius 2 is 1.42 bits per heavy atom. The summed E-state index contributed by atoms with van der Waals surface area (Å²) in [5.41, 5.74) is 5.85. The van der Waals surface area contributed by atoms with Gasteiger partial charge in [-0.05, 0) is 137 Å². The molecule has 238 valence electrons. The molecule has 0 atom stereocenters. The zero-order valence-corrected chi connectivity index (χ0v) is 27.2. The van der Waals surface area contributed by atoms with Gasteiger partial charge in [-0.3, -0.25) is 4.98 Å². The van der Waals surface area contributed by atoms with Crippen LogP contribution in [0.1, 0.15) is 81.4 Å². The average molecular weight is 636 g/mol. The highest BCUT2D eigenvalue weighted by Gasteiger charge is 2.27. The number of para-hydroxylation sites is 1. The van der Waals surface area contributed by atoms with E-state index in [0.717, 1.165) is 34.7 Å². The van der Waals surface area contributed by atoms with Crippen LogP contribution in [0, 0.1) is 26.0 Å². The lowest BCUT2D eigenvalue weighted by Gasteiger charge is -2.34. The first-order valence-corrected chi connectivity index (χ1v) is 16.5. The van der Waals surface area contributed by atoms with Gasteiger partial charge in [0.25, 0.3) is 0 Å². The Morgan fingerprint density at radius 1 is 0.646 bits per heavy atom. The van der Waals surface area contributed by atoms with Crippen LogP contribution < -0.4 is 0 Å². The van der Waals surface area contributed by atoms with Crippen molar-refractivity contribution in [3.8, 4) is 44.6 Å². The fraction of sp³-hybridized carbons (Fsp3) is 0.239. The first kappa shape index (κ1) is 21.1. The molecule has 2 heterocycles. The van der Waals surface area contributed by atoms with Crippen LogP contribution in [0.4, 0.5) is 0 Å². The van der Waals surface area contributed by atoms with Gasteiger partial charge in [-0.25, -0.2) is 0 Å². The van der Waals surface area contributed by atoms with E-state index < -0.39 is 26.4 Å². The maximum Gasteiger partial charge on any atom is 0.144 e. The van der Waals surface area contributed by atoms with Gasteiger partial charge in [0.05, 0.1) is 5.69 Å². The minimum Gasteiger partial charge on any atom is -0.455 e. The Bertz CT molecular complexity index is 2680. The molecule has 1 fully saturated rings. The van der Waals surface area contributed by atoms with Crippen LogP contribution in [0.25, 0.3) is 66.6 Å². The third-order valence-corrected chi connectivity index (χ3v) is 10.0. The quantitative estimate of drug-likeness (QED) is 0.188. The van der Waals surface area contributed by atoms with Gasteiger partial charge in [0, 0.05) is 36.2 Å². The summed E-state index contributed by atoms with van der Waals surface area (Å²) in [5.74, 6) is -0.926. The minimum atomic E-state index is -2.71. The number of aromatic nitrogens is 1. The van der Waals surface area contributed by atoms with Crippen molar-refractivity contribution in [2.24, 2.45) is 5.41 Å². The largest absolute Gasteiger partial charge is 0.455 e. The summed E-state index contributed by atoms with van der Waals surface area (Å²) in [7, 11) is 0. The third kappa shape index (κ3) is 5.54. The third-order valence-electron chi connectivity index (χ3n) is 10.0. The Hall–Kier alpha value is -4.95. The molecule has 2 nitrogen and oxygen atoms in total. The van der Waals surface area contributed by atoms with Gasteiger partial charge >= 0.3 is 0 Å². The van der Waals surface area contributed by atoms with E-state index >= 15 is 0 Å². The zero-order chi connectivity index (χ0) is 41.4. The zero-order valence-electron chi connectivity index (χ0n) is 37.2. The SMILES string of the molecule is [2H]C([2H])([2H])c1cc(C2([2H])CCC(C)(C)CC2)ccc1-c1ccc(-c2cc(-c3cccc4c3oc3cc(-c5ccccc5)ccc34)ncc2C([2H])([2H])[2H])c(C([2H])([2H])[2H])c1. The van der Waals surface area contributed by atoms with Gasteiger partial charge in [-0.1, -0.05) is 98.8 Å². The van der Waals surface area contributed by atoms with Crippen LogP contribution in [-0.2, 0) is 0 Å². The van der Waals surface area contributed by atoms with E-state index in [9.17, 15) is 1.37 Å². The number of benzene rings is 5. The monoisotopic (exact) mass is 635 g/mol. The fourth-order valence-corrected chi connectivity index (χ4v) is 7.12. The normalized spacial score (nSPS) is 19.5. The Morgan fingerprint density at radius 3 is 2.23 bits per heavy atom. The van der Waals surface area contributed by atoms with E-state index in [2.05, 4.69) is 18.8 Å². The van der Waals surface area contributed by atoms with Gasteiger partial charge in [0.15, 0.2) is 0 Å². The van der Waals surface area contributed by atoms with Crippen LogP contribution in [0.2, 0.25) is 0 Å². The molecule has 0 bridgehead atoms. The van der Waals surface area contributed by atoms with Crippen molar-refractivity contribution >= 4 is 21.9 Å². The van der Waals surface area contributed by atoms with Crippen LogP contribution in [0.5, 0.6) is 0 Å². The Kier molecular flexibility index (Phi) is 5.25. The van der Waals surface area contributed by atoms with E-state index in [4.69, 9.17) is 16.8 Å². The fourth-order valence-electron chi connectivity index (χ4n) is 7.12. The van der Waals surface area contributed by atoms with E-state index in [1.807, 2.05) is 66.7 Å². The molecule has 5 aromatic carbocycles. The highest BCUT2D eigenvalue weighted by Crippen LogP contribution is 2.44. The number of aryl methyl sites for hydroxylation is 3. The van der Waals surface area contributed by atoms with E-state index in [0.29, 0.717) is 52.0 Å². The highest BCUT2D eigenvalue weighted by atomic mass is 16.3. The number of furan rings is 1. The molecule has 0 amide bonds. The lowest BCUT2D eigenvalue weighted by molar-refractivity contribution is 0.224. The van der Waals surface area contributed by atoms with Gasteiger partial charge in [0.1, 0.15) is 11.2 Å². The lowest BCUT2D eigenvalue weighted by Crippen LogP contribution is -2.20. The Labute approximate surface area is 298 Å². The number of rotatable bonds is 5. The minimum absolute atomic E-state index is 0.0369. The number of nitrogens with zero attached hydrogens (tertiary/aromatic N) is 1. The van der Waals surface area contributed by atoms with Crippen molar-refractivity contribution < 1.29 is 18.1 Å². The first-order valence-electron chi connectivity index (χ1n) is 21.5. The summed E-state index contributed by atoms with van der Waals surface area (Å²) in [6.45, 7) is -3.53. The standard InChI is InChI=1S/C46H43NO/c1-29-24-34(33-20-22-46(4,5)23-21-33)14-17-37(29)36-16-18-38(30(2)25-36)42-27-43(47-28-31(42)3)41-13-9-12-40-39-19-15-35(26-44(39)48-45(40)41)32-10-7-6-8-11-32/h6-19,24-28,33H,20-23H2,1-5H3/i1D3,2D3,3D3,33D. The van der Waals surface area contributed by atoms with Gasteiger partial charge in [0.2, 0.25) is 0 Å². The van der Waals surface area contributed by atoms with Crippen molar-refractivity contribution in [2.45, 2.75) is 66.0 Å². The van der Waals surface area contributed by atoms with Crippen LogP contribution in [0.15, 0.2) is 120 Å². The molecule has 0 saturated heterocycles. The second-order valence-electron chi connectivity index (χ2n) is 13.8. The molecular formula is C46H43NO. The average Bonchev–Trinajstić information content (AvgIpc) is 3.56. The second-order valence-corrected chi connectivity index (χ2v) is 13.8. The highest BCUT2D eigenvalue weighted by molar-refractivity contribution is 6.10. The Balaban J connectivity index is 1.26. The van der Waals surface area contributed by atoms with Crippen LogP contribution in [0.3, 0.4) is 0 Å². The molecule has 0 unspecified atom stereocenters. The van der Waals surface area contributed by atoms with E-state index in [1.165, 1.54) is 12.3 Å². The van der Waals surface area contributed by atoms with Crippen molar-refractivity contribution in [2.75, 3.05) is 0 Å². The lowest BCUT2D eigenvalue weighted by atomic mass is 9.71. The van der Waals surface area contributed by atoms with Crippen molar-refractivity contribution in [1.29, 1.82) is 0 Å². The van der Waals surface area contributed by atoms with Crippen molar-refractivity contribution in [3.05, 3.63) is 138 Å². The van der Waals surface area contributed by atoms with Gasteiger partial charge < -0.3 is 4.42 Å². The summed E-state index contributed by atoms with van der Waals surface area (Å²) in [4.78, 5) is 4.60. The maximum atomic E-state index is 9.30. The van der Waals surface area contributed by atoms with E-state index in [1.54, 1.807) is 36.4 Å². The van der Waals surface area contributed by atoms with E-state index in [-0.39, 0.29) is 33.2 Å². The molecule has 48 heavy (non-hydrogen) atoms. The molecule has 7 aromatic rings. The molecule has 0 aliphatic heterocycles. The second kappa shape index (κ2) is 11.9. The van der Waals surface area contributed by atoms with Gasteiger partial charge in [-0.15, -0.1) is 0 Å². The smallest absolute Gasteiger partial charge is 0.144 e. The van der Waals surface area contributed by atoms with Crippen molar-refractivity contribution in [3.63, 3.8) is 0 Å². The summed E-state index contributed by atoms with van der Waals surface area (Å²) in [6.07, 6.45) is 4.19. The summed E-state index contributed by atoms with van der Waals surface area (Å²) in [5, 5.41) is 1.75. The molecule has 1 aliphatic carbocycles. The number of fused-ring (bicyclic) bond motifs is 3. The summed E-state index contributed by atoms with van der Waals surface area (Å²) in [6, 6.07) is 33.0. The molecule has 1 aliphatic rings. The predicted molar refractivity (Wildman–Crippen MR) is 202 cm³/mol. The molecule has 0 spiro atoms. The molecule has 2 heteroatoms. The number of hydrogen-bond acceptors (Lipinski definition) is 2. The first-order chi connectivity index (χ1) is 27.2. The molecule has 0 N–H and O–H groups in total. The van der Waals surface area contributed by atoms with Gasteiger partial charge in [-0.2, -0.15) is 0 Å². The number of pyridine rings is 1. The van der Waals surface area contributed by atoms with Crippen LogP contribution >= 0.6 is 0 Å². The molecule has 0 radical (unpaired) electrons. The van der Waals surface area contributed by atoms with Crippen molar-refractivity contribution in [1.82, 2.24) is 4.98 Å². The maximum absolute atomic E-state index is 9.30. The predicted octanol–water partition coefficient (Wildman–Crippen LogP) is 13.3.